The van der Waals surface area contributed by atoms with Gasteiger partial charge in [-0.15, -0.1) is 11.3 Å². The van der Waals surface area contributed by atoms with Crippen LogP contribution in [-0.2, 0) is 17.6 Å². The van der Waals surface area contributed by atoms with Crippen LogP contribution in [0.5, 0.6) is 0 Å². The molecular weight excluding hydrogens is 338 g/mol. The van der Waals surface area contributed by atoms with Crippen molar-refractivity contribution in [3.8, 4) is 0 Å². The fourth-order valence-corrected chi connectivity index (χ4v) is 5.03. The number of hydrogen-bond acceptors (Lipinski definition) is 5. The van der Waals surface area contributed by atoms with Gasteiger partial charge < -0.3 is 10.1 Å². The fourth-order valence-electron chi connectivity index (χ4n) is 3.64. The second-order valence-electron chi connectivity index (χ2n) is 7.32. The van der Waals surface area contributed by atoms with Crippen molar-refractivity contribution in [2.24, 2.45) is 5.92 Å². The third kappa shape index (κ3) is 3.48. The van der Waals surface area contributed by atoms with Crippen LogP contribution in [0.15, 0.2) is 4.79 Å². The number of hydrogen-bond donors (Lipinski definition) is 2. The van der Waals surface area contributed by atoms with Crippen LogP contribution in [0.2, 0.25) is 0 Å². The third-order valence-corrected chi connectivity index (χ3v) is 6.21. The second kappa shape index (κ2) is 6.88. The lowest BCUT2D eigenvalue weighted by Gasteiger charge is -2.30. The molecule has 0 saturated carbocycles. The number of nitrogens with zero attached hydrogens (tertiary/aromatic N) is 2. The Kier molecular flexibility index (Phi) is 4.97. The molecule has 25 heavy (non-hydrogen) atoms. The summed E-state index contributed by atoms with van der Waals surface area (Å²) in [6.45, 7) is 7.94. The number of carboxylic acid groups (broad SMARTS) is 1. The molecule has 0 spiro atoms. The Bertz CT molecular complexity index is 855. The van der Waals surface area contributed by atoms with E-state index >= 15 is 0 Å². The van der Waals surface area contributed by atoms with Gasteiger partial charge >= 0.3 is 5.97 Å². The Morgan fingerprint density at radius 3 is 2.80 bits per heavy atom. The van der Waals surface area contributed by atoms with Gasteiger partial charge in [-0.1, -0.05) is 6.92 Å². The number of aliphatic carboxylic acids is 1. The minimum absolute atomic E-state index is 0.0319. The van der Waals surface area contributed by atoms with Gasteiger partial charge in [-0.25, -0.2) is 4.98 Å². The number of fused-ring (bicyclic) bond motifs is 3. The van der Waals surface area contributed by atoms with Gasteiger partial charge in [0, 0.05) is 10.9 Å². The van der Waals surface area contributed by atoms with Crippen molar-refractivity contribution in [2.45, 2.75) is 59.0 Å². The Labute approximate surface area is 150 Å². The smallest absolute Gasteiger partial charge is 0.317 e. The predicted octanol–water partition coefficient (Wildman–Crippen LogP) is 2.97. The van der Waals surface area contributed by atoms with Crippen LogP contribution in [0.3, 0.4) is 0 Å². The SMILES string of the molecule is CC1CCc2c(sc3nc(C(C)N(CC(=O)O)C(C)C)[nH]c(=O)c23)C1. The minimum atomic E-state index is -0.885. The van der Waals surface area contributed by atoms with Gasteiger partial charge in [0.25, 0.3) is 5.56 Å². The van der Waals surface area contributed by atoms with Crippen LogP contribution in [0.1, 0.15) is 56.4 Å². The summed E-state index contributed by atoms with van der Waals surface area (Å²) in [6, 6.07) is -0.240. The van der Waals surface area contributed by atoms with Crippen molar-refractivity contribution >= 4 is 27.5 Å². The molecule has 3 rings (SSSR count). The first-order chi connectivity index (χ1) is 11.8. The lowest BCUT2D eigenvalue weighted by atomic mass is 9.89. The van der Waals surface area contributed by atoms with Gasteiger partial charge in [-0.05, 0) is 51.5 Å². The molecule has 2 N–H and O–H groups in total. The van der Waals surface area contributed by atoms with Crippen LogP contribution >= 0.6 is 11.3 Å². The largest absolute Gasteiger partial charge is 0.480 e. The maximum absolute atomic E-state index is 12.7. The summed E-state index contributed by atoms with van der Waals surface area (Å²) >= 11 is 1.62. The molecule has 0 bridgehead atoms. The van der Waals surface area contributed by atoms with Crippen molar-refractivity contribution in [3.63, 3.8) is 0 Å². The molecule has 7 heteroatoms. The van der Waals surface area contributed by atoms with E-state index in [-0.39, 0.29) is 24.2 Å². The van der Waals surface area contributed by atoms with Crippen molar-refractivity contribution < 1.29 is 9.90 Å². The average molecular weight is 363 g/mol. The molecule has 0 amide bonds. The highest BCUT2D eigenvalue weighted by Crippen LogP contribution is 2.36. The zero-order valence-electron chi connectivity index (χ0n) is 15.1. The van der Waals surface area contributed by atoms with Crippen LogP contribution < -0.4 is 5.56 Å². The third-order valence-electron chi connectivity index (χ3n) is 5.06. The molecule has 0 radical (unpaired) electrons. The van der Waals surface area contributed by atoms with E-state index < -0.39 is 5.97 Å². The second-order valence-corrected chi connectivity index (χ2v) is 8.40. The van der Waals surface area contributed by atoms with Crippen molar-refractivity contribution in [1.82, 2.24) is 14.9 Å². The first kappa shape index (κ1) is 18.1. The van der Waals surface area contributed by atoms with Gasteiger partial charge in [-0.2, -0.15) is 0 Å². The summed E-state index contributed by atoms with van der Waals surface area (Å²) in [6.07, 6.45) is 3.06. The standard InChI is InChI=1S/C18H25N3O3S/c1-9(2)21(8-14(22)23)11(4)16-19-17(24)15-12-6-5-10(3)7-13(12)25-18(15)20-16/h9-11H,5-8H2,1-4H3,(H,22,23)(H,19,20,24). The maximum Gasteiger partial charge on any atom is 0.317 e. The number of aryl methyl sites for hydroxylation is 1. The first-order valence-corrected chi connectivity index (χ1v) is 9.61. The lowest BCUT2D eigenvalue weighted by Crippen LogP contribution is -2.38. The maximum atomic E-state index is 12.7. The average Bonchev–Trinajstić information content (AvgIpc) is 2.89. The minimum Gasteiger partial charge on any atom is -0.480 e. The summed E-state index contributed by atoms with van der Waals surface area (Å²) in [5.74, 6) is 0.300. The molecule has 2 unspecified atom stereocenters. The molecule has 0 fully saturated rings. The highest BCUT2D eigenvalue weighted by molar-refractivity contribution is 7.18. The number of carboxylic acids is 1. The summed E-state index contributed by atoms with van der Waals surface area (Å²) in [4.78, 5) is 35.4. The molecule has 2 aromatic rings. The van der Waals surface area contributed by atoms with Crippen LogP contribution in [-0.4, -0.2) is 38.5 Å². The van der Waals surface area contributed by atoms with E-state index in [0.29, 0.717) is 11.7 Å². The summed E-state index contributed by atoms with van der Waals surface area (Å²) < 4.78 is 0. The van der Waals surface area contributed by atoms with Crippen LogP contribution in [0.25, 0.3) is 10.2 Å². The molecule has 2 atom stereocenters. The van der Waals surface area contributed by atoms with Crippen molar-refractivity contribution in [2.75, 3.05) is 6.54 Å². The number of rotatable bonds is 5. The molecule has 2 aromatic heterocycles. The Morgan fingerprint density at radius 2 is 2.16 bits per heavy atom. The van der Waals surface area contributed by atoms with Crippen LogP contribution in [0.4, 0.5) is 0 Å². The van der Waals surface area contributed by atoms with E-state index in [9.17, 15) is 9.59 Å². The van der Waals surface area contributed by atoms with Gasteiger partial charge in [0.15, 0.2) is 0 Å². The number of aromatic nitrogens is 2. The molecule has 0 saturated heterocycles. The van der Waals surface area contributed by atoms with Crippen molar-refractivity contribution in [1.29, 1.82) is 0 Å². The molecule has 0 aliphatic heterocycles. The lowest BCUT2D eigenvalue weighted by molar-refractivity contribution is -0.139. The number of nitrogens with one attached hydrogen (secondary N) is 1. The summed E-state index contributed by atoms with van der Waals surface area (Å²) in [7, 11) is 0. The van der Waals surface area contributed by atoms with E-state index in [1.807, 2.05) is 25.7 Å². The highest BCUT2D eigenvalue weighted by atomic mass is 32.1. The Morgan fingerprint density at radius 1 is 1.44 bits per heavy atom. The zero-order valence-corrected chi connectivity index (χ0v) is 15.9. The Balaban J connectivity index is 2.03. The molecule has 6 nitrogen and oxygen atoms in total. The van der Waals surface area contributed by atoms with E-state index in [4.69, 9.17) is 10.1 Å². The van der Waals surface area contributed by atoms with E-state index in [1.165, 1.54) is 4.88 Å². The monoisotopic (exact) mass is 363 g/mol. The molecule has 0 aromatic carbocycles. The Hall–Kier alpha value is -1.73. The molecule has 1 aliphatic carbocycles. The van der Waals surface area contributed by atoms with E-state index in [0.717, 1.165) is 35.0 Å². The fraction of sp³-hybridized carbons (Fsp3) is 0.611. The normalized spacial score (nSPS) is 18.7. The topological polar surface area (TPSA) is 86.3 Å². The number of H-pyrrole nitrogens is 1. The van der Waals surface area contributed by atoms with Crippen molar-refractivity contribution in [3.05, 3.63) is 26.6 Å². The first-order valence-electron chi connectivity index (χ1n) is 8.80. The van der Waals surface area contributed by atoms with Gasteiger partial charge in [0.1, 0.15) is 10.7 Å². The van der Waals surface area contributed by atoms with Gasteiger partial charge in [0.2, 0.25) is 0 Å². The molecule has 136 valence electrons. The summed E-state index contributed by atoms with van der Waals surface area (Å²) in [5, 5.41) is 9.89. The molecule has 2 heterocycles. The number of carbonyl (C=O) groups is 1. The van der Waals surface area contributed by atoms with E-state index in [1.54, 1.807) is 11.3 Å². The predicted molar refractivity (Wildman–Crippen MR) is 99.3 cm³/mol. The van der Waals surface area contributed by atoms with E-state index in [2.05, 4.69) is 11.9 Å². The van der Waals surface area contributed by atoms with Gasteiger partial charge in [-0.3, -0.25) is 14.5 Å². The zero-order chi connectivity index (χ0) is 18.3. The quantitative estimate of drug-likeness (QED) is 0.853. The van der Waals surface area contributed by atoms with Crippen LogP contribution in [0, 0.1) is 5.92 Å². The molecule has 1 aliphatic rings. The molecular formula is C18H25N3O3S. The highest BCUT2D eigenvalue weighted by Gasteiger charge is 2.26. The number of aromatic amines is 1. The summed E-state index contributed by atoms with van der Waals surface area (Å²) in [5.41, 5.74) is 1.07. The van der Waals surface area contributed by atoms with Gasteiger partial charge in [0.05, 0.1) is 18.0 Å². The number of thiophene rings is 1.